The highest BCUT2D eigenvalue weighted by molar-refractivity contribution is 6.33. The first kappa shape index (κ1) is 13.7. The molecule has 1 fully saturated rings. The summed E-state index contributed by atoms with van der Waals surface area (Å²) in [6, 6.07) is 5.99. The number of para-hydroxylation sites is 1. The minimum Gasteiger partial charge on any atom is -0.388 e. The summed E-state index contributed by atoms with van der Waals surface area (Å²) in [6.07, 6.45) is 0.791. The van der Waals surface area contributed by atoms with Crippen LogP contribution in [-0.4, -0.2) is 30.3 Å². The Morgan fingerprint density at radius 3 is 2.89 bits per heavy atom. The van der Waals surface area contributed by atoms with Gasteiger partial charge in [0.25, 0.3) is 0 Å². The summed E-state index contributed by atoms with van der Waals surface area (Å²) in [4.78, 5) is 2.19. The fraction of sp³-hybridized carbons (Fsp3) is 0.571. The molecule has 2 rings (SSSR count). The van der Waals surface area contributed by atoms with Crippen LogP contribution >= 0.6 is 11.6 Å². The molecular formula is C14H21ClN2O. The molecule has 1 atom stereocenters. The number of rotatable bonds is 4. The number of aliphatic hydroxyl groups is 1. The standard InChI is InChI=1S/C14H21ClN2O/c1-3-16-9-11-5-4-6-12(15)13(11)17-8-7-14(2,18)10-17/h4-6,16,18H,3,7-10H2,1-2H3. The summed E-state index contributed by atoms with van der Waals surface area (Å²) in [5.41, 5.74) is 1.66. The quantitative estimate of drug-likeness (QED) is 0.880. The molecule has 1 aliphatic rings. The van der Waals surface area contributed by atoms with Crippen molar-refractivity contribution in [2.24, 2.45) is 0 Å². The van der Waals surface area contributed by atoms with Crippen LogP contribution in [0, 0.1) is 0 Å². The SMILES string of the molecule is CCNCc1cccc(Cl)c1N1CCC(C)(O)C1. The molecule has 1 aromatic carbocycles. The van der Waals surface area contributed by atoms with Crippen molar-refractivity contribution in [2.75, 3.05) is 24.5 Å². The summed E-state index contributed by atoms with van der Waals surface area (Å²) in [7, 11) is 0. The molecule has 0 bridgehead atoms. The lowest BCUT2D eigenvalue weighted by atomic mass is 10.1. The van der Waals surface area contributed by atoms with Gasteiger partial charge in [0.15, 0.2) is 0 Å². The van der Waals surface area contributed by atoms with Gasteiger partial charge in [0.2, 0.25) is 0 Å². The Kier molecular flexibility index (Phi) is 4.15. The summed E-state index contributed by atoms with van der Waals surface area (Å²) in [6.45, 7) is 7.22. The van der Waals surface area contributed by atoms with Crippen LogP contribution in [0.15, 0.2) is 18.2 Å². The maximum Gasteiger partial charge on any atom is 0.0810 e. The van der Waals surface area contributed by atoms with Crippen LogP contribution in [-0.2, 0) is 6.54 Å². The number of β-amino-alcohol motifs (C(OH)–C–C–N with tert-alkyl or cyclic N) is 1. The lowest BCUT2D eigenvalue weighted by Crippen LogP contribution is -2.30. The molecule has 100 valence electrons. The Bertz CT molecular complexity index is 420. The molecule has 1 aromatic rings. The van der Waals surface area contributed by atoms with Crippen molar-refractivity contribution in [3.8, 4) is 0 Å². The summed E-state index contributed by atoms with van der Waals surface area (Å²) < 4.78 is 0. The average Bonchev–Trinajstić information content (AvgIpc) is 2.66. The van der Waals surface area contributed by atoms with E-state index in [-0.39, 0.29) is 0 Å². The molecule has 1 saturated heterocycles. The molecule has 0 aromatic heterocycles. The monoisotopic (exact) mass is 268 g/mol. The van der Waals surface area contributed by atoms with E-state index in [2.05, 4.69) is 23.2 Å². The number of anilines is 1. The van der Waals surface area contributed by atoms with E-state index in [0.29, 0.717) is 6.54 Å². The Labute approximate surface area is 114 Å². The van der Waals surface area contributed by atoms with Crippen LogP contribution in [0.25, 0.3) is 0 Å². The van der Waals surface area contributed by atoms with Gasteiger partial charge >= 0.3 is 0 Å². The van der Waals surface area contributed by atoms with Gasteiger partial charge in [0, 0.05) is 19.6 Å². The third-order valence-corrected chi connectivity index (χ3v) is 3.71. The summed E-state index contributed by atoms with van der Waals surface area (Å²) in [5.74, 6) is 0. The second kappa shape index (κ2) is 5.47. The fourth-order valence-corrected chi connectivity index (χ4v) is 2.77. The van der Waals surface area contributed by atoms with Crippen LogP contribution in [0.1, 0.15) is 25.8 Å². The molecule has 18 heavy (non-hydrogen) atoms. The molecule has 2 N–H and O–H groups in total. The van der Waals surface area contributed by atoms with Gasteiger partial charge in [-0.05, 0) is 31.5 Å². The van der Waals surface area contributed by atoms with Crippen molar-refractivity contribution in [1.82, 2.24) is 5.32 Å². The van der Waals surface area contributed by atoms with Crippen molar-refractivity contribution in [3.05, 3.63) is 28.8 Å². The molecule has 0 radical (unpaired) electrons. The predicted molar refractivity (Wildman–Crippen MR) is 76.3 cm³/mol. The van der Waals surface area contributed by atoms with E-state index >= 15 is 0 Å². The van der Waals surface area contributed by atoms with E-state index in [9.17, 15) is 5.11 Å². The van der Waals surface area contributed by atoms with E-state index in [1.807, 2.05) is 19.1 Å². The Balaban J connectivity index is 2.25. The van der Waals surface area contributed by atoms with Crippen molar-refractivity contribution in [2.45, 2.75) is 32.4 Å². The van der Waals surface area contributed by atoms with Crippen molar-refractivity contribution in [3.63, 3.8) is 0 Å². The predicted octanol–water partition coefficient (Wildman–Crippen LogP) is 2.41. The number of hydrogen-bond donors (Lipinski definition) is 2. The largest absolute Gasteiger partial charge is 0.388 e. The number of hydrogen-bond acceptors (Lipinski definition) is 3. The topological polar surface area (TPSA) is 35.5 Å². The van der Waals surface area contributed by atoms with Crippen LogP contribution in [0.4, 0.5) is 5.69 Å². The van der Waals surface area contributed by atoms with Gasteiger partial charge < -0.3 is 15.3 Å². The zero-order valence-corrected chi connectivity index (χ0v) is 11.8. The van der Waals surface area contributed by atoms with E-state index in [4.69, 9.17) is 11.6 Å². The maximum absolute atomic E-state index is 10.1. The first-order chi connectivity index (χ1) is 8.53. The molecule has 0 saturated carbocycles. The lowest BCUT2D eigenvalue weighted by Gasteiger charge is -2.24. The van der Waals surface area contributed by atoms with Gasteiger partial charge in [-0.2, -0.15) is 0 Å². The highest BCUT2D eigenvalue weighted by Gasteiger charge is 2.33. The third kappa shape index (κ3) is 2.97. The van der Waals surface area contributed by atoms with Crippen LogP contribution in [0.5, 0.6) is 0 Å². The lowest BCUT2D eigenvalue weighted by molar-refractivity contribution is 0.0839. The van der Waals surface area contributed by atoms with E-state index in [1.165, 1.54) is 5.56 Å². The fourth-order valence-electron chi connectivity index (χ4n) is 2.45. The number of nitrogens with zero attached hydrogens (tertiary/aromatic N) is 1. The second-order valence-corrected chi connectivity index (χ2v) is 5.60. The normalized spacial score (nSPS) is 23.7. The van der Waals surface area contributed by atoms with Crippen LogP contribution in [0.3, 0.4) is 0 Å². The van der Waals surface area contributed by atoms with Crippen LogP contribution in [0.2, 0.25) is 5.02 Å². The smallest absolute Gasteiger partial charge is 0.0810 e. The molecule has 0 amide bonds. The van der Waals surface area contributed by atoms with Gasteiger partial charge in [-0.3, -0.25) is 0 Å². The molecular weight excluding hydrogens is 248 g/mol. The van der Waals surface area contributed by atoms with E-state index in [0.717, 1.165) is 36.8 Å². The van der Waals surface area contributed by atoms with Crippen molar-refractivity contribution in [1.29, 1.82) is 0 Å². The van der Waals surface area contributed by atoms with Gasteiger partial charge in [-0.25, -0.2) is 0 Å². The minimum absolute atomic E-state index is 0.603. The van der Waals surface area contributed by atoms with E-state index in [1.54, 1.807) is 0 Å². The number of benzene rings is 1. The Hall–Kier alpha value is -0.770. The zero-order valence-electron chi connectivity index (χ0n) is 11.0. The number of halogens is 1. The maximum atomic E-state index is 10.1. The number of nitrogens with one attached hydrogen (secondary N) is 1. The van der Waals surface area contributed by atoms with Gasteiger partial charge in [0.05, 0.1) is 16.3 Å². The van der Waals surface area contributed by atoms with Crippen molar-refractivity contribution >= 4 is 17.3 Å². The molecule has 4 heteroatoms. The molecule has 1 unspecified atom stereocenters. The molecule has 1 aliphatic heterocycles. The minimum atomic E-state index is -0.603. The highest BCUT2D eigenvalue weighted by Crippen LogP contribution is 2.34. The molecule has 3 nitrogen and oxygen atoms in total. The molecule has 0 aliphatic carbocycles. The first-order valence-electron chi connectivity index (χ1n) is 6.49. The second-order valence-electron chi connectivity index (χ2n) is 5.20. The van der Waals surface area contributed by atoms with Gasteiger partial charge in [-0.15, -0.1) is 0 Å². The van der Waals surface area contributed by atoms with Crippen molar-refractivity contribution < 1.29 is 5.11 Å². The zero-order chi connectivity index (χ0) is 13.2. The van der Waals surface area contributed by atoms with Crippen LogP contribution < -0.4 is 10.2 Å². The van der Waals surface area contributed by atoms with Gasteiger partial charge in [0.1, 0.15) is 0 Å². The first-order valence-corrected chi connectivity index (χ1v) is 6.87. The average molecular weight is 269 g/mol. The Morgan fingerprint density at radius 1 is 1.50 bits per heavy atom. The van der Waals surface area contributed by atoms with E-state index < -0.39 is 5.60 Å². The summed E-state index contributed by atoms with van der Waals surface area (Å²) in [5, 5.41) is 14.2. The highest BCUT2D eigenvalue weighted by atomic mass is 35.5. The third-order valence-electron chi connectivity index (χ3n) is 3.40. The summed E-state index contributed by atoms with van der Waals surface area (Å²) >= 11 is 6.33. The molecule has 1 heterocycles. The Morgan fingerprint density at radius 2 is 2.28 bits per heavy atom. The molecule has 0 spiro atoms. The van der Waals surface area contributed by atoms with Gasteiger partial charge in [-0.1, -0.05) is 30.7 Å².